The van der Waals surface area contributed by atoms with Gasteiger partial charge in [-0.05, 0) is 36.1 Å². The topological polar surface area (TPSA) is 43.4 Å². The van der Waals surface area contributed by atoms with Crippen molar-refractivity contribution in [1.29, 1.82) is 0 Å². The zero-order chi connectivity index (χ0) is 17.0. The van der Waals surface area contributed by atoms with Crippen molar-refractivity contribution in [2.45, 2.75) is 52.5 Å². The molecule has 0 bridgehead atoms. The second-order valence-corrected chi connectivity index (χ2v) is 6.48. The van der Waals surface area contributed by atoms with E-state index in [4.69, 9.17) is 0 Å². The van der Waals surface area contributed by atoms with Crippen LogP contribution in [-0.2, 0) is 10.1 Å². The highest BCUT2D eigenvalue weighted by atomic mass is 32.2. The second kappa shape index (κ2) is 8.25. The van der Waals surface area contributed by atoms with Gasteiger partial charge in [-0.3, -0.25) is 0 Å². The van der Waals surface area contributed by atoms with Crippen LogP contribution >= 0.6 is 0 Å². The predicted molar refractivity (Wildman–Crippen MR) is 84.7 cm³/mol. The summed E-state index contributed by atoms with van der Waals surface area (Å²) in [6.45, 7) is 5.43. The van der Waals surface area contributed by atoms with Crippen molar-refractivity contribution in [2.24, 2.45) is 0 Å². The Labute approximate surface area is 136 Å². The molecule has 0 aromatic heterocycles. The van der Waals surface area contributed by atoms with E-state index in [1.54, 1.807) is 19.9 Å². The maximum absolute atomic E-state index is 12.4. The van der Waals surface area contributed by atoms with E-state index in [-0.39, 0.29) is 19.1 Å². The van der Waals surface area contributed by atoms with Crippen molar-refractivity contribution in [3.8, 4) is 17.6 Å². The Kier molecular flexibility index (Phi) is 7.65. The highest BCUT2D eigenvalue weighted by molar-refractivity contribution is 7.88. The number of alkyl halides is 3. The lowest BCUT2D eigenvalue weighted by atomic mass is 10.00. The molecule has 0 fully saturated rings. The molecular formula is C16H21F3O3S. The van der Waals surface area contributed by atoms with Crippen LogP contribution in [0.4, 0.5) is 13.2 Å². The van der Waals surface area contributed by atoms with Crippen LogP contribution in [0.5, 0.6) is 5.75 Å². The molecule has 0 aliphatic heterocycles. The van der Waals surface area contributed by atoms with Crippen molar-refractivity contribution in [3.63, 3.8) is 0 Å². The maximum atomic E-state index is 12.4. The monoisotopic (exact) mass is 350 g/mol. The van der Waals surface area contributed by atoms with Crippen LogP contribution in [0.15, 0.2) is 18.2 Å². The Balaban J connectivity index is 0.00000484. The zero-order valence-electron chi connectivity index (χ0n) is 12.5. The smallest absolute Gasteiger partial charge is 0.376 e. The van der Waals surface area contributed by atoms with Gasteiger partial charge in [-0.25, -0.2) is 0 Å². The Hall–Kier alpha value is -1.68. The predicted octanol–water partition coefficient (Wildman–Crippen LogP) is 4.83. The summed E-state index contributed by atoms with van der Waals surface area (Å²) in [5, 5.41) is 0. The minimum Gasteiger partial charge on any atom is -0.376 e. The van der Waals surface area contributed by atoms with E-state index in [2.05, 4.69) is 16.0 Å². The number of halogens is 3. The van der Waals surface area contributed by atoms with Gasteiger partial charge < -0.3 is 4.18 Å². The van der Waals surface area contributed by atoms with Gasteiger partial charge in [0, 0.05) is 12.0 Å². The van der Waals surface area contributed by atoms with E-state index in [0.717, 1.165) is 6.42 Å². The molecule has 7 heteroatoms. The van der Waals surface area contributed by atoms with E-state index in [1.807, 2.05) is 6.92 Å². The van der Waals surface area contributed by atoms with Gasteiger partial charge in [0.1, 0.15) is 5.75 Å². The van der Waals surface area contributed by atoms with Gasteiger partial charge >= 0.3 is 15.6 Å². The molecule has 0 heterocycles. The van der Waals surface area contributed by atoms with Gasteiger partial charge in [-0.1, -0.05) is 40.0 Å². The van der Waals surface area contributed by atoms with E-state index < -0.39 is 15.6 Å². The van der Waals surface area contributed by atoms with Gasteiger partial charge in [0.05, 0.1) is 0 Å². The summed E-state index contributed by atoms with van der Waals surface area (Å²) in [4.78, 5) is 0. The fourth-order valence-corrected chi connectivity index (χ4v) is 2.09. The molecule has 0 N–H and O–H groups in total. The zero-order valence-corrected chi connectivity index (χ0v) is 13.3. The van der Waals surface area contributed by atoms with Crippen LogP contribution in [0.25, 0.3) is 0 Å². The first-order chi connectivity index (χ1) is 10.1. The first-order valence-corrected chi connectivity index (χ1v) is 8.13. The lowest BCUT2D eigenvalue weighted by molar-refractivity contribution is -0.0500. The van der Waals surface area contributed by atoms with Crippen LogP contribution in [0.1, 0.15) is 58.1 Å². The molecule has 23 heavy (non-hydrogen) atoms. The molecule has 0 amide bonds. The summed E-state index contributed by atoms with van der Waals surface area (Å²) in [5.41, 5.74) is -4.49. The lowest BCUT2D eigenvalue weighted by Crippen LogP contribution is -2.28. The second-order valence-electron chi connectivity index (χ2n) is 4.94. The average molecular weight is 350 g/mol. The summed E-state index contributed by atoms with van der Waals surface area (Å²) in [6.07, 6.45) is 1.60. The summed E-state index contributed by atoms with van der Waals surface area (Å²) in [7, 11) is -5.68. The fourth-order valence-electron chi connectivity index (χ4n) is 1.61. The first kappa shape index (κ1) is 21.3. The minimum absolute atomic E-state index is 0. The van der Waals surface area contributed by atoms with Crippen LogP contribution in [0, 0.1) is 11.8 Å². The Morgan fingerprint density at radius 1 is 1.26 bits per heavy atom. The Morgan fingerprint density at radius 3 is 2.35 bits per heavy atom. The standard InChI is InChI=1S/C15H17F3O3S.CH4/c1-4-5-6-7-12-8-9-14(13(10-12)11(2)3)21-22(19,20)15(16,17)18;/h8-11H,4-5H2,1-3H3;1H4. The largest absolute Gasteiger partial charge is 0.534 e. The fraction of sp³-hybridized carbons (Fsp3) is 0.500. The van der Waals surface area contributed by atoms with Crippen LogP contribution in [-0.4, -0.2) is 13.9 Å². The highest BCUT2D eigenvalue weighted by Crippen LogP contribution is 2.32. The van der Waals surface area contributed by atoms with Gasteiger partial charge in [0.2, 0.25) is 0 Å². The van der Waals surface area contributed by atoms with Crippen LogP contribution in [0.2, 0.25) is 0 Å². The van der Waals surface area contributed by atoms with E-state index in [9.17, 15) is 21.6 Å². The number of benzene rings is 1. The molecule has 0 unspecified atom stereocenters. The molecular weight excluding hydrogens is 329 g/mol. The van der Waals surface area contributed by atoms with Crippen molar-refractivity contribution >= 4 is 10.1 Å². The summed E-state index contributed by atoms with van der Waals surface area (Å²) in [6, 6.07) is 4.19. The molecule has 130 valence electrons. The normalized spacial score (nSPS) is 11.4. The summed E-state index contributed by atoms with van der Waals surface area (Å²) < 4.78 is 63.7. The van der Waals surface area contributed by atoms with Crippen molar-refractivity contribution in [2.75, 3.05) is 0 Å². The third kappa shape index (κ3) is 5.79. The number of rotatable bonds is 4. The molecule has 0 atom stereocenters. The molecule has 1 aromatic carbocycles. The van der Waals surface area contributed by atoms with Gasteiger partial charge in [-0.2, -0.15) is 21.6 Å². The SMILES string of the molecule is C.CCCC#Cc1ccc(OS(=O)(=O)C(F)(F)F)c(C(C)C)c1. The van der Waals surface area contributed by atoms with Crippen molar-refractivity contribution < 1.29 is 25.8 Å². The summed E-state index contributed by atoms with van der Waals surface area (Å²) in [5.74, 6) is 5.26. The van der Waals surface area contributed by atoms with Crippen LogP contribution < -0.4 is 4.18 Å². The van der Waals surface area contributed by atoms with E-state index in [1.165, 1.54) is 12.1 Å². The molecule has 0 aliphatic carbocycles. The number of hydrogen-bond acceptors (Lipinski definition) is 3. The number of unbranched alkanes of at least 4 members (excludes halogenated alkanes) is 1. The molecule has 0 spiro atoms. The molecule has 1 rings (SSSR count). The van der Waals surface area contributed by atoms with Crippen molar-refractivity contribution in [3.05, 3.63) is 29.3 Å². The highest BCUT2D eigenvalue weighted by Gasteiger charge is 2.48. The first-order valence-electron chi connectivity index (χ1n) is 6.72. The minimum atomic E-state index is -5.68. The van der Waals surface area contributed by atoms with Crippen LogP contribution in [0.3, 0.4) is 0 Å². The molecule has 0 radical (unpaired) electrons. The van der Waals surface area contributed by atoms with E-state index in [0.29, 0.717) is 17.5 Å². The quantitative estimate of drug-likeness (QED) is 0.444. The third-order valence-electron chi connectivity index (χ3n) is 2.72. The molecule has 3 nitrogen and oxygen atoms in total. The summed E-state index contributed by atoms with van der Waals surface area (Å²) >= 11 is 0. The molecule has 0 saturated heterocycles. The van der Waals surface area contributed by atoms with E-state index >= 15 is 0 Å². The average Bonchev–Trinajstić information content (AvgIpc) is 2.38. The molecule has 0 saturated carbocycles. The third-order valence-corrected chi connectivity index (χ3v) is 3.69. The van der Waals surface area contributed by atoms with Crippen molar-refractivity contribution in [1.82, 2.24) is 0 Å². The van der Waals surface area contributed by atoms with Gasteiger partial charge in [0.25, 0.3) is 0 Å². The molecule has 0 aliphatic rings. The number of hydrogen-bond donors (Lipinski definition) is 0. The van der Waals surface area contributed by atoms with Gasteiger partial charge in [-0.15, -0.1) is 0 Å². The lowest BCUT2D eigenvalue weighted by Gasteiger charge is -2.15. The molecule has 1 aromatic rings. The maximum Gasteiger partial charge on any atom is 0.534 e. The Morgan fingerprint density at radius 2 is 1.87 bits per heavy atom. The Bertz CT molecular complexity index is 681. The van der Waals surface area contributed by atoms with Gasteiger partial charge in [0.15, 0.2) is 0 Å².